The molecule has 0 bridgehead atoms. The third kappa shape index (κ3) is 5.02. The highest BCUT2D eigenvalue weighted by molar-refractivity contribution is 5.90. The monoisotopic (exact) mass is 445 g/mol. The van der Waals surface area contributed by atoms with E-state index in [-0.39, 0.29) is 12.4 Å². The minimum absolute atomic E-state index is 0.162. The number of nitrogens with two attached hydrogens (primary N) is 1. The van der Waals surface area contributed by atoms with Crippen LogP contribution in [0.25, 0.3) is 22.1 Å². The van der Waals surface area contributed by atoms with Gasteiger partial charge in [0.2, 0.25) is 0 Å². The van der Waals surface area contributed by atoms with Gasteiger partial charge in [-0.1, -0.05) is 36.4 Å². The van der Waals surface area contributed by atoms with E-state index < -0.39 is 0 Å². The van der Waals surface area contributed by atoms with Gasteiger partial charge in [0.1, 0.15) is 23.7 Å². The van der Waals surface area contributed by atoms with Crippen molar-refractivity contribution in [3.63, 3.8) is 0 Å². The molecule has 0 amide bonds. The Labute approximate surface area is 192 Å². The van der Waals surface area contributed by atoms with Crippen LogP contribution < -0.4 is 15.2 Å². The average molecular weight is 446 g/mol. The summed E-state index contributed by atoms with van der Waals surface area (Å²) >= 11 is 0. The van der Waals surface area contributed by atoms with E-state index in [2.05, 4.69) is 12.1 Å². The first kappa shape index (κ1) is 22.4. The fourth-order valence-corrected chi connectivity index (χ4v) is 3.79. The van der Waals surface area contributed by atoms with Crippen molar-refractivity contribution in [3.05, 3.63) is 83.6 Å². The van der Waals surface area contributed by atoms with Crippen molar-refractivity contribution < 1.29 is 23.4 Å². The standard InChI is InChI=1S/C27H27NO5/c1-3-31-27(29)12-20-8-4-5-10-24(20)32-16-21-17-33-26-14-25(30-2)22(13-23(21)26)19-9-6-7-18(11-19)15-28/h4-11,13-14,17H,3,12,15-16,28H2,1-2H3. The number of rotatable bonds is 9. The van der Waals surface area contributed by atoms with Crippen LogP contribution in [0, 0.1) is 0 Å². The third-order valence-corrected chi connectivity index (χ3v) is 5.45. The van der Waals surface area contributed by atoms with Gasteiger partial charge in [0.25, 0.3) is 0 Å². The molecule has 4 rings (SSSR count). The van der Waals surface area contributed by atoms with Gasteiger partial charge in [-0.05, 0) is 36.2 Å². The van der Waals surface area contributed by atoms with Crippen molar-refractivity contribution in [2.75, 3.05) is 13.7 Å². The van der Waals surface area contributed by atoms with E-state index in [0.29, 0.717) is 31.1 Å². The lowest BCUT2D eigenvalue weighted by molar-refractivity contribution is -0.142. The molecule has 0 atom stereocenters. The zero-order chi connectivity index (χ0) is 23.2. The second kappa shape index (κ2) is 10.2. The van der Waals surface area contributed by atoms with Gasteiger partial charge in [0, 0.05) is 34.7 Å². The Kier molecular flexibility index (Phi) is 6.95. The summed E-state index contributed by atoms with van der Waals surface area (Å²) in [7, 11) is 1.64. The number of carbonyl (C=O) groups excluding carboxylic acids is 1. The minimum Gasteiger partial charge on any atom is -0.496 e. The normalized spacial score (nSPS) is 10.9. The van der Waals surface area contributed by atoms with Gasteiger partial charge < -0.3 is 24.4 Å². The van der Waals surface area contributed by atoms with E-state index in [9.17, 15) is 4.79 Å². The maximum absolute atomic E-state index is 11.9. The number of furan rings is 1. The summed E-state index contributed by atoms with van der Waals surface area (Å²) in [6.45, 7) is 2.90. The van der Waals surface area contributed by atoms with Gasteiger partial charge in [-0.15, -0.1) is 0 Å². The van der Waals surface area contributed by atoms with Crippen LogP contribution in [0.1, 0.15) is 23.6 Å². The van der Waals surface area contributed by atoms with Gasteiger partial charge in [-0.3, -0.25) is 4.79 Å². The molecular formula is C27H27NO5. The Morgan fingerprint density at radius 2 is 1.85 bits per heavy atom. The summed E-state index contributed by atoms with van der Waals surface area (Å²) in [6.07, 6.45) is 1.85. The maximum atomic E-state index is 11.9. The fraction of sp³-hybridized carbons (Fsp3) is 0.222. The molecule has 6 nitrogen and oxygen atoms in total. The van der Waals surface area contributed by atoms with Gasteiger partial charge in [0.15, 0.2) is 0 Å². The molecule has 0 aliphatic rings. The Hall–Kier alpha value is -3.77. The number of ether oxygens (including phenoxy) is 3. The number of methoxy groups -OCH3 is 1. The summed E-state index contributed by atoms with van der Waals surface area (Å²) in [4.78, 5) is 11.9. The summed E-state index contributed by atoms with van der Waals surface area (Å²) < 4.78 is 22.6. The lowest BCUT2D eigenvalue weighted by atomic mass is 9.99. The lowest BCUT2D eigenvalue weighted by Gasteiger charge is -2.12. The minimum atomic E-state index is -0.279. The summed E-state index contributed by atoms with van der Waals surface area (Å²) in [6, 6.07) is 19.5. The molecule has 0 aliphatic carbocycles. The molecule has 33 heavy (non-hydrogen) atoms. The number of fused-ring (bicyclic) bond motifs is 1. The summed E-state index contributed by atoms with van der Waals surface area (Å²) in [5.41, 5.74) is 11.2. The quantitative estimate of drug-likeness (QED) is 0.354. The number of hydrogen-bond acceptors (Lipinski definition) is 6. The lowest BCUT2D eigenvalue weighted by Crippen LogP contribution is -2.09. The molecule has 1 aromatic heterocycles. The zero-order valence-corrected chi connectivity index (χ0v) is 18.8. The van der Waals surface area contributed by atoms with E-state index in [1.165, 1.54) is 0 Å². The second-order valence-corrected chi connectivity index (χ2v) is 7.59. The van der Waals surface area contributed by atoms with Crippen LogP contribution in [0.15, 0.2) is 71.3 Å². The topological polar surface area (TPSA) is 83.9 Å². The van der Waals surface area contributed by atoms with Crippen molar-refractivity contribution in [3.8, 4) is 22.6 Å². The first-order valence-corrected chi connectivity index (χ1v) is 10.9. The van der Waals surface area contributed by atoms with Gasteiger partial charge in [-0.2, -0.15) is 0 Å². The predicted molar refractivity (Wildman–Crippen MR) is 127 cm³/mol. The fourth-order valence-electron chi connectivity index (χ4n) is 3.79. The molecule has 0 saturated carbocycles. The number of hydrogen-bond donors (Lipinski definition) is 1. The third-order valence-electron chi connectivity index (χ3n) is 5.45. The van der Waals surface area contributed by atoms with Crippen LogP contribution in [0.5, 0.6) is 11.5 Å². The number of benzene rings is 3. The highest BCUT2D eigenvalue weighted by atomic mass is 16.5. The first-order valence-electron chi connectivity index (χ1n) is 10.9. The van der Waals surface area contributed by atoms with E-state index >= 15 is 0 Å². The molecular weight excluding hydrogens is 418 g/mol. The van der Waals surface area contributed by atoms with Gasteiger partial charge in [0.05, 0.1) is 26.4 Å². The smallest absolute Gasteiger partial charge is 0.310 e. The van der Waals surface area contributed by atoms with Gasteiger partial charge in [-0.25, -0.2) is 0 Å². The van der Waals surface area contributed by atoms with Crippen molar-refractivity contribution in [2.24, 2.45) is 5.73 Å². The van der Waals surface area contributed by atoms with E-state index in [0.717, 1.165) is 39.0 Å². The van der Waals surface area contributed by atoms with Crippen molar-refractivity contribution in [2.45, 2.75) is 26.5 Å². The molecule has 0 radical (unpaired) electrons. The zero-order valence-electron chi connectivity index (χ0n) is 18.8. The number of para-hydroxylation sites is 1. The van der Waals surface area contributed by atoms with Crippen molar-refractivity contribution >= 4 is 16.9 Å². The van der Waals surface area contributed by atoms with E-state index in [4.69, 9.17) is 24.4 Å². The molecule has 4 aromatic rings. The Morgan fingerprint density at radius 3 is 2.64 bits per heavy atom. The van der Waals surface area contributed by atoms with Crippen LogP contribution in [0.3, 0.4) is 0 Å². The SMILES string of the molecule is CCOC(=O)Cc1ccccc1OCc1coc2cc(OC)c(-c3cccc(CN)c3)cc12. The average Bonchev–Trinajstić information content (AvgIpc) is 3.24. The molecule has 1 heterocycles. The first-order chi connectivity index (χ1) is 16.1. The summed E-state index contributed by atoms with van der Waals surface area (Å²) in [5, 5.41) is 0.937. The molecule has 170 valence electrons. The predicted octanol–water partition coefficient (Wildman–Crippen LogP) is 5.25. The van der Waals surface area contributed by atoms with E-state index in [1.54, 1.807) is 20.3 Å². The largest absolute Gasteiger partial charge is 0.496 e. The van der Waals surface area contributed by atoms with Crippen LogP contribution >= 0.6 is 0 Å². The molecule has 0 fully saturated rings. The molecule has 6 heteroatoms. The number of carbonyl (C=O) groups is 1. The molecule has 0 saturated heterocycles. The highest BCUT2D eigenvalue weighted by Crippen LogP contribution is 2.37. The van der Waals surface area contributed by atoms with Crippen LogP contribution in [-0.4, -0.2) is 19.7 Å². The Bertz CT molecular complexity index is 1260. The molecule has 0 aliphatic heterocycles. The maximum Gasteiger partial charge on any atom is 0.310 e. The van der Waals surface area contributed by atoms with Crippen molar-refractivity contribution in [1.29, 1.82) is 0 Å². The van der Waals surface area contributed by atoms with Crippen LogP contribution in [0.4, 0.5) is 0 Å². The van der Waals surface area contributed by atoms with Crippen molar-refractivity contribution in [1.82, 2.24) is 0 Å². The van der Waals surface area contributed by atoms with Crippen LogP contribution in [-0.2, 0) is 29.1 Å². The molecule has 2 N–H and O–H groups in total. The van der Waals surface area contributed by atoms with Crippen LogP contribution in [0.2, 0.25) is 0 Å². The highest BCUT2D eigenvalue weighted by Gasteiger charge is 2.15. The molecule has 0 unspecified atom stereocenters. The molecule has 0 spiro atoms. The second-order valence-electron chi connectivity index (χ2n) is 7.59. The van der Waals surface area contributed by atoms with E-state index in [1.807, 2.05) is 48.5 Å². The Balaban J connectivity index is 1.63. The number of esters is 1. The molecule has 3 aromatic carbocycles. The van der Waals surface area contributed by atoms with Gasteiger partial charge >= 0.3 is 5.97 Å². The summed E-state index contributed by atoms with van der Waals surface area (Å²) in [5.74, 6) is 1.08. The Morgan fingerprint density at radius 1 is 1.00 bits per heavy atom.